The molecule has 2 aromatic rings. The van der Waals surface area contributed by atoms with Gasteiger partial charge >= 0.3 is 0 Å². The first kappa shape index (κ1) is 14.5. The van der Waals surface area contributed by atoms with Crippen molar-refractivity contribution in [3.05, 3.63) is 65.5 Å². The number of rotatable bonds is 5. The second-order valence-electron chi connectivity index (χ2n) is 4.63. The Morgan fingerprint density at radius 3 is 2.55 bits per heavy atom. The minimum atomic E-state index is 0.0158. The van der Waals surface area contributed by atoms with Gasteiger partial charge in [-0.1, -0.05) is 18.2 Å². The summed E-state index contributed by atoms with van der Waals surface area (Å²) in [7, 11) is 1.81. The summed E-state index contributed by atoms with van der Waals surface area (Å²) in [6, 6.07) is 13.2. The van der Waals surface area contributed by atoms with Gasteiger partial charge in [0, 0.05) is 43.3 Å². The molecule has 3 nitrogen and oxygen atoms in total. The number of nitrogens with zero attached hydrogens (tertiary/aromatic N) is 2. The molecule has 0 aliphatic rings. The number of carbonyl (C=O) groups excluding carboxylic acids is 1. The van der Waals surface area contributed by atoms with Gasteiger partial charge < -0.3 is 4.90 Å². The number of amides is 1. The topological polar surface area (TPSA) is 33.2 Å². The minimum Gasteiger partial charge on any atom is -0.341 e. The lowest BCUT2D eigenvalue weighted by atomic mass is 10.1. The lowest BCUT2D eigenvalue weighted by Gasteiger charge is -2.17. The summed E-state index contributed by atoms with van der Waals surface area (Å²) >= 11 is 5.74. The van der Waals surface area contributed by atoms with E-state index >= 15 is 0 Å². The summed E-state index contributed by atoms with van der Waals surface area (Å²) in [6.45, 7) is 0.646. The SMILES string of the molecule is CN(CCc1ccccn1)C(=O)c1ccc(CCl)cc1. The van der Waals surface area contributed by atoms with Crippen LogP contribution in [0.2, 0.25) is 0 Å². The first-order valence-electron chi connectivity index (χ1n) is 6.51. The van der Waals surface area contributed by atoms with Crippen molar-refractivity contribution in [3.8, 4) is 0 Å². The summed E-state index contributed by atoms with van der Waals surface area (Å²) in [4.78, 5) is 18.2. The minimum absolute atomic E-state index is 0.0158. The van der Waals surface area contributed by atoms with Crippen molar-refractivity contribution < 1.29 is 4.79 Å². The lowest BCUT2D eigenvalue weighted by molar-refractivity contribution is 0.0796. The molecule has 1 aromatic carbocycles. The predicted octanol–water partition coefficient (Wildman–Crippen LogP) is 3.14. The molecule has 0 fully saturated rings. The van der Waals surface area contributed by atoms with E-state index in [-0.39, 0.29) is 5.91 Å². The third kappa shape index (κ3) is 3.81. The maximum Gasteiger partial charge on any atom is 0.253 e. The second-order valence-corrected chi connectivity index (χ2v) is 4.90. The fraction of sp³-hybridized carbons (Fsp3) is 0.250. The van der Waals surface area contributed by atoms with Gasteiger partial charge in [0.1, 0.15) is 0 Å². The van der Waals surface area contributed by atoms with Crippen molar-refractivity contribution in [2.45, 2.75) is 12.3 Å². The molecule has 104 valence electrons. The Balaban J connectivity index is 1.94. The molecule has 0 spiro atoms. The van der Waals surface area contributed by atoms with Gasteiger partial charge in [0.05, 0.1) is 0 Å². The summed E-state index contributed by atoms with van der Waals surface area (Å²) in [5.41, 5.74) is 2.69. The normalized spacial score (nSPS) is 10.3. The van der Waals surface area contributed by atoms with E-state index in [0.29, 0.717) is 18.0 Å². The molecule has 1 heterocycles. The molecule has 0 saturated heterocycles. The summed E-state index contributed by atoms with van der Waals surface area (Å²) in [6.07, 6.45) is 2.52. The smallest absolute Gasteiger partial charge is 0.253 e. The van der Waals surface area contributed by atoms with Gasteiger partial charge in [-0.3, -0.25) is 9.78 Å². The molecule has 0 aliphatic heterocycles. The summed E-state index contributed by atoms with van der Waals surface area (Å²) < 4.78 is 0. The summed E-state index contributed by atoms with van der Waals surface area (Å²) in [5, 5.41) is 0. The first-order chi connectivity index (χ1) is 9.70. The van der Waals surface area contributed by atoms with Gasteiger partial charge in [0.2, 0.25) is 0 Å². The quantitative estimate of drug-likeness (QED) is 0.792. The molecule has 0 saturated carbocycles. The average Bonchev–Trinajstić information content (AvgIpc) is 2.53. The predicted molar refractivity (Wildman–Crippen MR) is 80.9 cm³/mol. The molecule has 0 N–H and O–H groups in total. The number of carbonyl (C=O) groups is 1. The van der Waals surface area contributed by atoms with Crippen molar-refractivity contribution in [3.63, 3.8) is 0 Å². The van der Waals surface area contributed by atoms with Crippen LogP contribution in [-0.4, -0.2) is 29.4 Å². The van der Waals surface area contributed by atoms with Crippen molar-refractivity contribution >= 4 is 17.5 Å². The van der Waals surface area contributed by atoms with E-state index in [1.165, 1.54) is 0 Å². The number of hydrogen-bond acceptors (Lipinski definition) is 2. The molecule has 2 rings (SSSR count). The number of benzene rings is 1. The van der Waals surface area contributed by atoms with Crippen LogP contribution in [-0.2, 0) is 12.3 Å². The maximum atomic E-state index is 12.2. The Morgan fingerprint density at radius 1 is 1.20 bits per heavy atom. The van der Waals surface area contributed by atoms with Crippen molar-refractivity contribution in [2.24, 2.45) is 0 Å². The van der Waals surface area contributed by atoms with Crippen LogP contribution >= 0.6 is 11.6 Å². The van der Waals surface area contributed by atoms with Gasteiger partial charge in [0.15, 0.2) is 0 Å². The number of alkyl halides is 1. The zero-order chi connectivity index (χ0) is 14.4. The molecule has 0 aliphatic carbocycles. The van der Waals surface area contributed by atoms with Crippen LogP contribution in [0.3, 0.4) is 0 Å². The number of pyridine rings is 1. The number of aromatic nitrogens is 1. The van der Waals surface area contributed by atoms with Crippen LogP contribution in [0, 0.1) is 0 Å². The third-order valence-electron chi connectivity index (χ3n) is 3.13. The molecular formula is C16H17ClN2O. The van der Waals surface area contributed by atoms with Gasteiger partial charge in [-0.15, -0.1) is 11.6 Å². The summed E-state index contributed by atoms with van der Waals surface area (Å²) in [5.74, 6) is 0.478. The van der Waals surface area contributed by atoms with E-state index in [2.05, 4.69) is 4.98 Å². The molecule has 0 radical (unpaired) electrons. The van der Waals surface area contributed by atoms with Crippen LogP contribution in [0.1, 0.15) is 21.6 Å². The first-order valence-corrected chi connectivity index (χ1v) is 7.04. The molecule has 1 amide bonds. The van der Waals surface area contributed by atoms with Crippen LogP contribution in [0.15, 0.2) is 48.7 Å². The lowest BCUT2D eigenvalue weighted by Crippen LogP contribution is -2.29. The Morgan fingerprint density at radius 2 is 1.95 bits per heavy atom. The van der Waals surface area contributed by atoms with Gasteiger partial charge in [0.25, 0.3) is 5.91 Å². The Kier molecular flexibility index (Phi) is 5.13. The van der Waals surface area contributed by atoms with Crippen LogP contribution < -0.4 is 0 Å². The molecular weight excluding hydrogens is 272 g/mol. The molecule has 20 heavy (non-hydrogen) atoms. The van der Waals surface area contributed by atoms with Crippen molar-refractivity contribution in [2.75, 3.05) is 13.6 Å². The van der Waals surface area contributed by atoms with E-state index in [1.54, 1.807) is 18.1 Å². The van der Waals surface area contributed by atoms with E-state index in [1.807, 2.05) is 42.5 Å². The highest BCUT2D eigenvalue weighted by atomic mass is 35.5. The highest BCUT2D eigenvalue weighted by Crippen LogP contribution is 2.09. The Bertz CT molecular complexity index is 554. The molecule has 4 heteroatoms. The third-order valence-corrected chi connectivity index (χ3v) is 3.44. The molecule has 0 unspecified atom stereocenters. The fourth-order valence-electron chi connectivity index (χ4n) is 1.89. The molecule has 0 bridgehead atoms. The van der Waals surface area contributed by atoms with Crippen LogP contribution in [0.5, 0.6) is 0 Å². The van der Waals surface area contributed by atoms with E-state index in [0.717, 1.165) is 17.7 Å². The zero-order valence-electron chi connectivity index (χ0n) is 11.4. The standard InChI is InChI=1S/C16H17ClN2O/c1-19(11-9-15-4-2-3-10-18-15)16(20)14-7-5-13(12-17)6-8-14/h2-8,10H,9,11-12H2,1H3. The second kappa shape index (κ2) is 7.06. The molecule has 0 atom stereocenters. The van der Waals surface area contributed by atoms with E-state index in [4.69, 9.17) is 11.6 Å². The van der Waals surface area contributed by atoms with E-state index in [9.17, 15) is 4.79 Å². The van der Waals surface area contributed by atoms with Crippen molar-refractivity contribution in [1.82, 2.24) is 9.88 Å². The monoisotopic (exact) mass is 288 g/mol. The Hall–Kier alpha value is -1.87. The zero-order valence-corrected chi connectivity index (χ0v) is 12.2. The number of halogens is 1. The highest BCUT2D eigenvalue weighted by molar-refractivity contribution is 6.17. The number of likely N-dealkylation sites (N-methyl/N-ethyl adjacent to an activating group) is 1. The highest BCUT2D eigenvalue weighted by Gasteiger charge is 2.11. The van der Waals surface area contributed by atoms with Crippen LogP contribution in [0.4, 0.5) is 0 Å². The van der Waals surface area contributed by atoms with Gasteiger partial charge in [-0.2, -0.15) is 0 Å². The molecule has 1 aromatic heterocycles. The number of hydrogen-bond donors (Lipinski definition) is 0. The van der Waals surface area contributed by atoms with Gasteiger partial charge in [-0.05, 0) is 29.8 Å². The maximum absolute atomic E-state index is 12.2. The average molecular weight is 289 g/mol. The van der Waals surface area contributed by atoms with E-state index < -0.39 is 0 Å². The largest absolute Gasteiger partial charge is 0.341 e. The van der Waals surface area contributed by atoms with Gasteiger partial charge in [-0.25, -0.2) is 0 Å². The van der Waals surface area contributed by atoms with Crippen LogP contribution in [0.25, 0.3) is 0 Å². The van der Waals surface area contributed by atoms with Crippen molar-refractivity contribution in [1.29, 1.82) is 0 Å². The fourth-order valence-corrected chi connectivity index (χ4v) is 2.06. The Labute approximate surface area is 124 Å².